The fourth-order valence-corrected chi connectivity index (χ4v) is 10.1. The van der Waals surface area contributed by atoms with Crippen LogP contribution in [0.25, 0.3) is 82.4 Å². The summed E-state index contributed by atoms with van der Waals surface area (Å²) in [6.07, 6.45) is 0. The Morgan fingerprint density at radius 2 is 0.810 bits per heavy atom. The smallest absolute Gasteiger partial charge is 0.0719 e. The molecule has 10 aromatic carbocycles. The maximum atomic E-state index is 2.44. The topological polar surface area (TPSA) is 4.93 Å². The van der Waals surface area contributed by atoms with E-state index in [0.29, 0.717) is 0 Å². The number of rotatable bonds is 5. The molecule has 270 valence electrons. The van der Waals surface area contributed by atoms with E-state index in [4.69, 9.17) is 0 Å². The van der Waals surface area contributed by atoms with E-state index in [0.717, 1.165) is 0 Å². The third-order valence-electron chi connectivity index (χ3n) is 12.6. The number of benzene rings is 10. The molecule has 0 aliphatic heterocycles. The molecule has 58 heavy (non-hydrogen) atoms. The van der Waals surface area contributed by atoms with Crippen LogP contribution in [0.2, 0.25) is 0 Å². The minimum atomic E-state index is -0.453. The van der Waals surface area contributed by atoms with Crippen molar-refractivity contribution in [3.63, 3.8) is 0 Å². The minimum absolute atomic E-state index is 0.453. The summed E-state index contributed by atoms with van der Waals surface area (Å²) in [6.45, 7) is 0. The van der Waals surface area contributed by atoms with Gasteiger partial charge in [0.2, 0.25) is 0 Å². The van der Waals surface area contributed by atoms with Crippen molar-refractivity contribution in [2.24, 2.45) is 0 Å². The summed E-state index contributed by atoms with van der Waals surface area (Å²) >= 11 is 0. The zero-order valence-corrected chi connectivity index (χ0v) is 31.8. The molecule has 0 bridgehead atoms. The van der Waals surface area contributed by atoms with Crippen LogP contribution in [-0.4, -0.2) is 4.57 Å². The summed E-state index contributed by atoms with van der Waals surface area (Å²) in [5.74, 6) is 0. The summed E-state index contributed by atoms with van der Waals surface area (Å²) in [7, 11) is 0. The van der Waals surface area contributed by atoms with Crippen LogP contribution >= 0.6 is 0 Å². The van der Waals surface area contributed by atoms with Gasteiger partial charge >= 0.3 is 0 Å². The van der Waals surface area contributed by atoms with Crippen molar-refractivity contribution in [1.82, 2.24) is 4.57 Å². The van der Waals surface area contributed by atoms with Gasteiger partial charge in [0.15, 0.2) is 0 Å². The van der Waals surface area contributed by atoms with Gasteiger partial charge in [0, 0.05) is 16.5 Å². The Morgan fingerprint density at radius 3 is 1.50 bits per heavy atom. The van der Waals surface area contributed by atoms with E-state index >= 15 is 0 Å². The monoisotopic (exact) mass is 735 g/mol. The summed E-state index contributed by atoms with van der Waals surface area (Å²) in [6, 6.07) is 83.1. The zero-order valence-electron chi connectivity index (χ0n) is 31.8. The van der Waals surface area contributed by atoms with Crippen LogP contribution in [0.4, 0.5) is 0 Å². The first kappa shape index (κ1) is 32.7. The lowest BCUT2D eigenvalue weighted by atomic mass is 9.66. The number of hydrogen-bond acceptors (Lipinski definition) is 0. The van der Waals surface area contributed by atoms with Crippen molar-refractivity contribution in [1.29, 1.82) is 0 Å². The van der Waals surface area contributed by atoms with E-state index in [1.807, 2.05) is 0 Å². The van der Waals surface area contributed by atoms with E-state index in [-0.39, 0.29) is 0 Å². The normalized spacial score (nSPS) is 13.0. The molecule has 1 aliphatic carbocycles. The van der Waals surface area contributed by atoms with Gasteiger partial charge in [-0.15, -0.1) is 0 Å². The van der Waals surface area contributed by atoms with Crippen LogP contribution in [0.1, 0.15) is 22.3 Å². The Bertz CT molecular complexity index is 3330. The summed E-state index contributed by atoms with van der Waals surface area (Å²) in [5, 5.41) is 7.54. The Morgan fingerprint density at radius 1 is 0.310 bits per heavy atom. The van der Waals surface area contributed by atoms with Crippen LogP contribution in [0.5, 0.6) is 0 Å². The first-order valence-electron chi connectivity index (χ1n) is 20.2. The molecule has 0 atom stereocenters. The third kappa shape index (κ3) is 4.77. The zero-order chi connectivity index (χ0) is 38.2. The molecule has 0 N–H and O–H groups in total. The maximum Gasteiger partial charge on any atom is 0.0719 e. The Hall–Kier alpha value is -7.48. The highest BCUT2D eigenvalue weighted by Crippen LogP contribution is 2.58. The molecule has 0 radical (unpaired) electrons. The molecule has 0 unspecified atom stereocenters. The predicted molar refractivity (Wildman–Crippen MR) is 244 cm³/mol. The fourth-order valence-electron chi connectivity index (χ4n) is 10.1. The molecule has 0 fully saturated rings. The van der Waals surface area contributed by atoms with Crippen molar-refractivity contribution < 1.29 is 0 Å². The van der Waals surface area contributed by atoms with E-state index in [2.05, 4.69) is 229 Å². The summed E-state index contributed by atoms with van der Waals surface area (Å²) in [5.41, 5.74) is 15.9. The molecule has 1 heteroatoms. The number of fused-ring (bicyclic) bond motifs is 9. The lowest BCUT2D eigenvalue weighted by Gasteiger charge is -2.34. The van der Waals surface area contributed by atoms with Crippen LogP contribution in [0.3, 0.4) is 0 Å². The first-order chi connectivity index (χ1) is 28.8. The lowest BCUT2D eigenvalue weighted by Crippen LogP contribution is -2.28. The van der Waals surface area contributed by atoms with Crippen molar-refractivity contribution in [2.45, 2.75) is 5.41 Å². The second-order valence-electron chi connectivity index (χ2n) is 15.6. The molecule has 11 aromatic rings. The van der Waals surface area contributed by atoms with E-state index in [1.165, 1.54) is 105 Å². The molecule has 0 amide bonds. The number of aromatic nitrogens is 1. The second-order valence-corrected chi connectivity index (χ2v) is 15.6. The molecule has 1 aliphatic rings. The van der Waals surface area contributed by atoms with Crippen molar-refractivity contribution in [3.8, 4) is 39.1 Å². The van der Waals surface area contributed by atoms with E-state index < -0.39 is 5.41 Å². The average Bonchev–Trinajstić information content (AvgIpc) is 3.80. The van der Waals surface area contributed by atoms with Gasteiger partial charge in [-0.05, 0) is 126 Å². The lowest BCUT2D eigenvalue weighted by molar-refractivity contribution is 0.775. The Kier molecular flexibility index (Phi) is 7.21. The van der Waals surface area contributed by atoms with Crippen LogP contribution < -0.4 is 0 Å². The van der Waals surface area contributed by atoms with Gasteiger partial charge in [0.25, 0.3) is 0 Å². The number of nitrogens with zero attached hydrogens (tertiary/aromatic N) is 1. The van der Waals surface area contributed by atoms with Crippen LogP contribution in [0.15, 0.2) is 224 Å². The van der Waals surface area contributed by atoms with Crippen molar-refractivity contribution in [3.05, 3.63) is 247 Å². The van der Waals surface area contributed by atoms with Gasteiger partial charge in [-0.1, -0.05) is 176 Å². The molecular formula is C57H37N. The molecule has 0 saturated heterocycles. The van der Waals surface area contributed by atoms with Crippen LogP contribution in [0, 0.1) is 0 Å². The Labute approximate surface area is 337 Å². The van der Waals surface area contributed by atoms with Gasteiger partial charge in [-0.3, -0.25) is 0 Å². The fraction of sp³-hybridized carbons (Fsp3) is 0.0175. The first-order valence-corrected chi connectivity index (χ1v) is 20.2. The Balaban J connectivity index is 0.984. The SMILES string of the molecule is c1ccc(-n2c3ccccc3c3cc(-c4ccc5cc(-c6ccc7ccc8c(c7c6)C(c6ccccc6)(c6ccccc6)c6ccccc6-8)ccc5c4)ccc32)cc1. The molecule has 0 saturated carbocycles. The molecule has 0 spiro atoms. The van der Waals surface area contributed by atoms with Crippen molar-refractivity contribution in [2.75, 3.05) is 0 Å². The van der Waals surface area contributed by atoms with Gasteiger partial charge in [-0.2, -0.15) is 0 Å². The predicted octanol–water partition coefficient (Wildman–Crippen LogP) is 14.8. The van der Waals surface area contributed by atoms with Gasteiger partial charge in [0.1, 0.15) is 0 Å². The van der Waals surface area contributed by atoms with E-state index in [1.54, 1.807) is 0 Å². The molecule has 1 heterocycles. The number of para-hydroxylation sites is 2. The summed E-state index contributed by atoms with van der Waals surface area (Å²) < 4.78 is 2.37. The minimum Gasteiger partial charge on any atom is -0.309 e. The highest BCUT2D eigenvalue weighted by atomic mass is 15.0. The van der Waals surface area contributed by atoms with Gasteiger partial charge in [0.05, 0.1) is 16.4 Å². The molecule has 12 rings (SSSR count). The summed E-state index contributed by atoms with van der Waals surface area (Å²) in [4.78, 5) is 0. The second kappa shape index (κ2) is 12.8. The molecular weight excluding hydrogens is 699 g/mol. The highest BCUT2D eigenvalue weighted by Gasteiger charge is 2.47. The van der Waals surface area contributed by atoms with Crippen molar-refractivity contribution >= 4 is 43.4 Å². The number of hydrogen-bond donors (Lipinski definition) is 0. The third-order valence-corrected chi connectivity index (χ3v) is 12.6. The maximum absolute atomic E-state index is 2.44. The van der Waals surface area contributed by atoms with Gasteiger partial charge in [-0.25, -0.2) is 0 Å². The van der Waals surface area contributed by atoms with E-state index in [9.17, 15) is 0 Å². The average molecular weight is 736 g/mol. The van der Waals surface area contributed by atoms with Gasteiger partial charge < -0.3 is 4.57 Å². The largest absolute Gasteiger partial charge is 0.309 e. The highest BCUT2D eigenvalue weighted by molar-refractivity contribution is 6.11. The molecule has 1 nitrogen and oxygen atoms in total. The molecule has 1 aromatic heterocycles. The standard InChI is InChI=1S/C57H37N/c1-4-14-45(15-5-1)57(46-16-6-2-7-17-46)53-22-12-10-20-48(53)50-32-30-38-24-25-43(36-51(38)56(50)57)41-28-26-40-35-42(29-27-39(40)34-41)44-31-33-55-52(37-44)49-21-11-13-23-54(49)58(55)47-18-8-3-9-19-47/h1-37H. The van der Waals surface area contributed by atoms with Crippen LogP contribution in [-0.2, 0) is 5.41 Å². The quantitative estimate of drug-likeness (QED) is 0.166.